The quantitative estimate of drug-likeness (QED) is 0.892. The normalized spacial score (nSPS) is 18.1. The lowest BCUT2D eigenvalue weighted by Gasteiger charge is -2.19. The number of nitrogens with one attached hydrogen (secondary N) is 2. The number of para-hydroxylation sites is 1. The van der Waals surface area contributed by atoms with Crippen LogP contribution in [0.2, 0.25) is 0 Å². The zero-order chi connectivity index (χ0) is 14.7. The van der Waals surface area contributed by atoms with Gasteiger partial charge in [0.25, 0.3) is 5.56 Å². The molecule has 1 aliphatic rings. The van der Waals surface area contributed by atoms with Crippen LogP contribution in [0.1, 0.15) is 17.9 Å². The van der Waals surface area contributed by atoms with E-state index in [4.69, 9.17) is 0 Å². The second-order valence-electron chi connectivity index (χ2n) is 5.47. The summed E-state index contributed by atoms with van der Waals surface area (Å²) < 4.78 is 0. The molecule has 1 atom stereocenters. The molecule has 1 saturated heterocycles. The lowest BCUT2D eigenvalue weighted by molar-refractivity contribution is 0.544. The second-order valence-corrected chi connectivity index (χ2v) is 5.47. The van der Waals surface area contributed by atoms with E-state index in [1.165, 1.54) is 5.69 Å². The van der Waals surface area contributed by atoms with Gasteiger partial charge in [0.15, 0.2) is 0 Å². The first kappa shape index (κ1) is 13.8. The summed E-state index contributed by atoms with van der Waals surface area (Å²) in [6, 6.07) is 12.5. The summed E-state index contributed by atoms with van der Waals surface area (Å²) in [6.45, 7) is 4.49. The van der Waals surface area contributed by atoms with Gasteiger partial charge < -0.3 is 15.2 Å². The first-order valence-electron chi connectivity index (χ1n) is 7.31. The molecular weight excluding hydrogens is 264 g/mol. The highest BCUT2D eigenvalue weighted by Gasteiger charge is 2.22. The molecule has 0 amide bonds. The first-order chi connectivity index (χ1) is 10.2. The Labute approximate surface area is 124 Å². The highest BCUT2D eigenvalue weighted by atomic mass is 16.1. The molecular formula is C16H20N4O. The van der Waals surface area contributed by atoms with E-state index in [0.29, 0.717) is 18.4 Å². The van der Waals surface area contributed by atoms with Crippen molar-refractivity contribution in [3.8, 4) is 0 Å². The smallest absolute Gasteiger partial charge is 0.251 e. The number of aromatic amines is 1. The fourth-order valence-corrected chi connectivity index (χ4v) is 2.78. The van der Waals surface area contributed by atoms with E-state index < -0.39 is 0 Å². The van der Waals surface area contributed by atoms with E-state index in [1.807, 2.05) is 6.07 Å². The largest absolute Gasteiger partial charge is 0.370 e. The summed E-state index contributed by atoms with van der Waals surface area (Å²) in [6.07, 6.45) is 1.11. The van der Waals surface area contributed by atoms with Crippen LogP contribution in [-0.4, -0.2) is 29.1 Å². The Morgan fingerprint density at radius 3 is 2.95 bits per heavy atom. The molecule has 0 bridgehead atoms. The van der Waals surface area contributed by atoms with Gasteiger partial charge in [-0.2, -0.15) is 0 Å². The number of hydrogen-bond donors (Lipinski definition) is 2. The number of H-pyrrole nitrogens is 1. The molecule has 0 saturated carbocycles. The van der Waals surface area contributed by atoms with Gasteiger partial charge in [-0.3, -0.25) is 4.79 Å². The zero-order valence-corrected chi connectivity index (χ0v) is 12.2. The van der Waals surface area contributed by atoms with Crippen molar-refractivity contribution in [2.24, 2.45) is 0 Å². The highest BCUT2D eigenvalue weighted by Crippen LogP contribution is 2.19. The number of nitrogens with zero attached hydrogens (tertiary/aromatic N) is 2. The van der Waals surface area contributed by atoms with Gasteiger partial charge in [0, 0.05) is 37.4 Å². The Morgan fingerprint density at radius 1 is 1.38 bits per heavy atom. The molecule has 110 valence electrons. The molecule has 0 radical (unpaired) electrons. The predicted octanol–water partition coefficient (Wildman–Crippen LogP) is 1.45. The van der Waals surface area contributed by atoms with Crippen LogP contribution in [0.4, 0.5) is 5.69 Å². The Bertz CT molecular complexity index is 653. The SMILES string of the molecule is Cc1nc(CNC2CCN(c3ccccc3)C2)cc(=O)[nH]1. The number of aryl methyl sites for hydroxylation is 1. The summed E-state index contributed by atoms with van der Waals surface area (Å²) in [5.41, 5.74) is 1.98. The lowest BCUT2D eigenvalue weighted by Crippen LogP contribution is -2.32. The summed E-state index contributed by atoms with van der Waals surface area (Å²) in [5.74, 6) is 0.664. The van der Waals surface area contributed by atoms with E-state index in [0.717, 1.165) is 25.2 Å². The summed E-state index contributed by atoms with van der Waals surface area (Å²) in [5, 5.41) is 3.50. The van der Waals surface area contributed by atoms with Crippen LogP contribution < -0.4 is 15.8 Å². The van der Waals surface area contributed by atoms with Gasteiger partial charge in [-0.15, -0.1) is 0 Å². The van der Waals surface area contributed by atoms with Gasteiger partial charge >= 0.3 is 0 Å². The van der Waals surface area contributed by atoms with Crippen LogP contribution >= 0.6 is 0 Å². The minimum atomic E-state index is -0.0864. The van der Waals surface area contributed by atoms with Crippen LogP contribution in [0, 0.1) is 6.92 Å². The maximum Gasteiger partial charge on any atom is 0.251 e. The summed E-state index contributed by atoms with van der Waals surface area (Å²) in [7, 11) is 0. The molecule has 1 aromatic heterocycles. The van der Waals surface area contributed by atoms with E-state index in [-0.39, 0.29) is 5.56 Å². The van der Waals surface area contributed by atoms with Crippen molar-refractivity contribution in [3.63, 3.8) is 0 Å². The van der Waals surface area contributed by atoms with Gasteiger partial charge in [-0.1, -0.05) is 18.2 Å². The maximum atomic E-state index is 11.4. The first-order valence-corrected chi connectivity index (χ1v) is 7.31. The van der Waals surface area contributed by atoms with Crippen molar-refractivity contribution in [1.29, 1.82) is 0 Å². The Morgan fingerprint density at radius 2 is 2.19 bits per heavy atom. The predicted molar refractivity (Wildman–Crippen MR) is 83.5 cm³/mol. The minimum Gasteiger partial charge on any atom is -0.370 e. The number of aromatic nitrogens is 2. The summed E-state index contributed by atoms with van der Waals surface area (Å²) in [4.78, 5) is 20.8. The van der Waals surface area contributed by atoms with Crippen LogP contribution in [0.25, 0.3) is 0 Å². The van der Waals surface area contributed by atoms with Crippen molar-refractivity contribution in [2.45, 2.75) is 25.9 Å². The molecule has 5 heteroatoms. The van der Waals surface area contributed by atoms with Gasteiger partial charge in [0.05, 0.1) is 5.69 Å². The highest BCUT2D eigenvalue weighted by molar-refractivity contribution is 5.47. The van der Waals surface area contributed by atoms with Crippen molar-refractivity contribution >= 4 is 5.69 Å². The Balaban J connectivity index is 1.57. The average molecular weight is 284 g/mol. The molecule has 1 aromatic carbocycles. The third-order valence-electron chi connectivity index (χ3n) is 3.79. The van der Waals surface area contributed by atoms with Crippen LogP contribution in [0.15, 0.2) is 41.2 Å². The van der Waals surface area contributed by atoms with Crippen LogP contribution in [0.5, 0.6) is 0 Å². The maximum absolute atomic E-state index is 11.4. The molecule has 0 aliphatic carbocycles. The van der Waals surface area contributed by atoms with Gasteiger partial charge in [0.2, 0.25) is 0 Å². The van der Waals surface area contributed by atoms with Crippen molar-refractivity contribution in [2.75, 3.05) is 18.0 Å². The van der Waals surface area contributed by atoms with E-state index in [1.54, 1.807) is 13.0 Å². The molecule has 21 heavy (non-hydrogen) atoms. The molecule has 2 aromatic rings. The fraction of sp³-hybridized carbons (Fsp3) is 0.375. The van der Waals surface area contributed by atoms with E-state index >= 15 is 0 Å². The monoisotopic (exact) mass is 284 g/mol. The minimum absolute atomic E-state index is 0.0864. The topological polar surface area (TPSA) is 61.0 Å². The standard InChI is InChI=1S/C16H20N4O/c1-12-18-14(9-16(21)19-12)10-17-13-7-8-20(11-13)15-5-3-2-4-6-15/h2-6,9,13,17H,7-8,10-11H2,1H3,(H,18,19,21). The number of benzene rings is 1. The van der Waals surface area contributed by atoms with Crippen LogP contribution in [-0.2, 0) is 6.54 Å². The number of rotatable bonds is 4. The van der Waals surface area contributed by atoms with Gasteiger partial charge in [-0.25, -0.2) is 4.98 Å². The Hall–Kier alpha value is -2.14. The molecule has 0 spiro atoms. The van der Waals surface area contributed by atoms with Crippen molar-refractivity contribution in [1.82, 2.24) is 15.3 Å². The fourth-order valence-electron chi connectivity index (χ4n) is 2.78. The van der Waals surface area contributed by atoms with Gasteiger partial charge in [-0.05, 0) is 25.5 Å². The molecule has 1 aliphatic heterocycles. The third-order valence-corrected chi connectivity index (χ3v) is 3.79. The zero-order valence-electron chi connectivity index (χ0n) is 12.2. The van der Waals surface area contributed by atoms with Crippen molar-refractivity contribution < 1.29 is 0 Å². The molecule has 5 nitrogen and oxygen atoms in total. The second kappa shape index (κ2) is 6.10. The molecule has 2 heterocycles. The van der Waals surface area contributed by atoms with Crippen molar-refractivity contribution in [3.05, 3.63) is 58.3 Å². The third kappa shape index (κ3) is 3.49. The van der Waals surface area contributed by atoms with E-state index in [2.05, 4.69) is 44.5 Å². The number of hydrogen-bond acceptors (Lipinski definition) is 4. The van der Waals surface area contributed by atoms with E-state index in [9.17, 15) is 4.79 Å². The molecule has 3 rings (SSSR count). The molecule has 1 unspecified atom stereocenters. The summed E-state index contributed by atoms with van der Waals surface area (Å²) >= 11 is 0. The van der Waals surface area contributed by atoms with Gasteiger partial charge in [0.1, 0.15) is 5.82 Å². The average Bonchev–Trinajstić information content (AvgIpc) is 2.94. The number of anilines is 1. The van der Waals surface area contributed by atoms with Crippen LogP contribution in [0.3, 0.4) is 0 Å². The molecule has 2 N–H and O–H groups in total. The lowest BCUT2D eigenvalue weighted by atomic mass is 10.2. The molecule has 1 fully saturated rings. The Kier molecular flexibility index (Phi) is 4.01.